The second kappa shape index (κ2) is 51.1. The zero-order valence-electron chi connectivity index (χ0n) is 44.8. The van der Waals surface area contributed by atoms with E-state index >= 15 is 0 Å². The molecule has 0 aromatic carbocycles. The maximum atomic E-state index is 12.7. The number of aliphatic carboxylic acids is 1. The monoisotopic (exact) mass is 974 g/mol. The third kappa shape index (κ3) is 51.5. The summed E-state index contributed by atoms with van der Waals surface area (Å²) in [5.74, 6) is -2.32. The molecule has 0 heterocycles. The Labute approximate surface area is 427 Å². The quantitative estimate of drug-likeness (QED) is 0.0195. The fraction of sp³-hybridized carbons (Fsp3) is 0.623. The number of carbonyl (C=O) groups is 3. The fourth-order valence-corrected chi connectivity index (χ4v) is 6.80. The first kappa shape index (κ1) is 65.7. The number of unbranched alkanes of at least 4 members (excludes halogenated alkanes) is 13. The number of ether oxygens (including phenoxy) is 4. The van der Waals surface area contributed by atoms with Gasteiger partial charge in [0, 0.05) is 12.8 Å². The summed E-state index contributed by atoms with van der Waals surface area (Å²) in [4.78, 5) is 36.8. The van der Waals surface area contributed by atoms with Gasteiger partial charge in [0.1, 0.15) is 13.2 Å². The van der Waals surface area contributed by atoms with Crippen LogP contribution < -0.4 is 5.11 Å². The first-order valence-electron chi connectivity index (χ1n) is 27.2. The number of hydrogen-bond acceptors (Lipinski definition) is 8. The van der Waals surface area contributed by atoms with E-state index in [2.05, 4.69) is 135 Å². The van der Waals surface area contributed by atoms with Crippen LogP contribution in [0.1, 0.15) is 187 Å². The number of likely N-dealkylation sites (N-methyl/N-ethyl adjacent to an activating group) is 1. The summed E-state index contributed by atoms with van der Waals surface area (Å²) in [6, 6.07) is 0. The van der Waals surface area contributed by atoms with Gasteiger partial charge in [-0.05, 0) is 89.9 Å². The lowest BCUT2D eigenvalue weighted by Gasteiger charge is -2.26. The van der Waals surface area contributed by atoms with Crippen LogP contribution in [-0.4, -0.2) is 82.3 Å². The van der Waals surface area contributed by atoms with Gasteiger partial charge in [0.05, 0.1) is 40.3 Å². The van der Waals surface area contributed by atoms with Crippen LogP contribution in [0.4, 0.5) is 0 Å². The third-order valence-corrected chi connectivity index (χ3v) is 11.0. The second-order valence-corrected chi connectivity index (χ2v) is 18.8. The number of allylic oxidation sites excluding steroid dienone is 20. The summed E-state index contributed by atoms with van der Waals surface area (Å²) in [5.41, 5.74) is 0. The number of carboxylic acid groups (broad SMARTS) is 1. The van der Waals surface area contributed by atoms with Gasteiger partial charge in [0.15, 0.2) is 12.4 Å². The van der Waals surface area contributed by atoms with Gasteiger partial charge in [-0.1, -0.05) is 206 Å². The van der Waals surface area contributed by atoms with Crippen LogP contribution >= 0.6 is 0 Å². The third-order valence-electron chi connectivity index (χ3n) is 11.0. The molecule has 0 rings (SSSR count). The molecule has 0 aromatic rings. The van der Waals surface area contributed by atoms with E-state index in [-0.39, 0.29) is 38.6 Å². The highest BCUT2D eigenvalue weighted by Crippen LogP contribution is 2.13. The number of rotatable bonds is 48. The van der Waals surface area contributed by atoms with Crippen LogP contribution in [0, 0.1) is 0 Å². The normalized spacial score (nSPS) is 13.8. The molecule has 9 heteroatoms. The van der Waals surface area contributed by atoms with Crippen LogP contribution in [-0.2, 0) is 33.3 Å². The maximum Gasteiger partial charge on any atom is 0.306 e. The van der Waals surface area contributed by atoms with Crippen LogP contribution in [0.2, 0.25) is 0 Å². The predicted octanol–water partition coefficient (Wildman–Crippen LogP) is 14.4. The highest BCUT2D eigenvalue weighted by atomic mass is 16.7. The molecule has 0 bridgehead atoms. The summed E-state index contributed by atoms with van der Waals surface area (Å²) >= 11 is 0. The van der Waals surface area contributed by atoms with Crippen molar-refractivity contribution in [3.8, 4) is 0 Å². The minimum atomic E-state index is -1.63. The summed E-state index contributed by atoms with van der Waals surface area (Å²) in [6.07, 6.45) is 68.6. The molecule has 0 aromatic heterocycles. The minimum Gasteiger partial charge on any atom is -0.545 e. The molecule has 70 heavy (non-hydrogen) atoms. The van der Waals surface area contributed by atoms with E-state index in [1.165, 1.54) is 32.1 Å². The van der Waals surface area contributed by atoms with Crippen LogP contribution in [0.5, 0.6) is 0 Å². The van der Waals surface area contributed by atoms with Crippen molar-refractivity contribution >= 4 is 17.9 Å². The Bertz CT molecular complexity index is 1560. The molecule has 0 saturated heterocycles. The highest BCUT2D eigenvalue weighted by Gasteiger charge is 2.21. The Hall–Kier alpha value is -4.31. The molecule has 0 spiro atoms. The molecule has 0 fully saturated rings. The molecule has 0 radical (unpaired) electrons. The van der Waals surface area contributed by atoms with E-state index in [0.29, 0.717) is 17.4 Å². The van der Waals surface area contributed by atoms with Crippen molar-refractivity contribution in [3.05, 3.63) is 122 Å². The number of hydrogen-bond donors (Lipinski definition) is 0. The Morgan fingerprint density at radius 1 is 0.443 bits per heavy atom. The standard InChI is InChI=1S/C61H99NO8/c1-6-8-10-12-14-15-16-17-18-19-20-21-22-23-24-25-26-27-28-29-30-31-32-33-34-35-36-37-38-39-40-41-42-43-44-45-46-48-50-52-59(64)70-57(55-68-58(63)51-49-47-13-11-9-7-2)56-69-61(60(65)66)67-54-53-62(3,4)5/h8,10,14-15,17-18,20-21,23-24,26-27,29-30,32-33,35-36,38-39,57,61H,6-7,9,11-13,16,19,22,25,28,31,34,37,40-56H2,1-5H3/b10-8-,15-14-,18-17-,21-20-,24-23-,27-26-,30-29-,33-32-,36-35-,39-38-. The first-order valence-corrected chi connectivity index (χ1v) is 27.2. The second-order valence-electron chi connectivity index (χ2n) is 18.8. The van der Waals surface area contributed by atoms with Crippen molar-refractivity contribution in [2.24, 2.45) is 0 Å². The van der Waals surface area contributed by atoms with Crippen LogP contribution in [0.25, 0.3) is 0 Å². The molecule has 0 aliphatic heterocycles. The van der Waals surface area contributed by atoms with Gasteiger partial charge in [-0.3, -0.25) is 9.59 Å². The van der Waals surface area contributed by atoms with Crippen molar-refractivity contribution in [1.82, 2.24) is 0 Å². The van der Waals surface area contributed by atoms with Gasteiger partial charge in [-0.15, -0.1) is 0 Å². The SMILES string of the molecule is CC/C=C\C/C=C\C/C=C\C/C=C\C/C=C\C/C=C\C/C=C\C/C=C\C/C=C\C/C=C\CCCCCCCCCCC(=O)OC(COC(=O)CCCCCCCC)COC(OCC[N+](C)(C)C)C(=O)[O-]. The molecule has 9 nitrogen and oxygen atoms in total. The largest absolute Gasteiger partial charge is 0.545 e. The molecule has 0 aliphatic carbocycles. The Morgan fingerprint density at radius 3 is 1.21 bits per heavy atom. The van der Waals surface area contributed by atoms with Gasteiger partial charge in [-0.2, -0.15) is 0 Å². The number of quaternary nitrogens is 1. The Kier molecular flexibility index (Phi) is 47.9. The lowest BCUT2D eigenvalue weighted by Crippen LogP contribution is -2.44. The van der Waals surface area contributed by atoms with E-state index < -0.39 is 24.3 Å². The number of nitrogens with zero attached hydrogens (tertiary/aromatic N) is 1. The number of carbonyl (C=O) groups excluding carboxylic acids is 3. The lowest BCUT2D eigenvalue weighted by molar-refractivity contribution is -0.870. The molecule has 0 saturated carbocycles. The Morgan fingerprint density at radius 2 is 0.814 bits per heavy atom. The van der Waals surface area contributed by atoms with Crippen molar-refractivity contribution in [2.75, 3.05) is 47.5 Å². The highest BCUT2D eigenvalue weighted by molar-refractivity contribution is 5.70. The molecule has 0 amide bonds. The van der Waals surface area contributed by atoms with Crippen molar-refractivity contribution < 1.29 is 42.9 Å². The first-order chi connectivity index (χ1) is 34.1. The molecule has 0 aliphatic rings. The average molecular weight is 974 g/mol. The molecule has 2 atom stereocenters. The van der Waals surface area contributed by atoms with E-state index in [9.17, 15) is 19.5 Å². The summed E-state index contributed by atoms with van der Waals surface area (Å²) < 4.78 is 22.4. The van der Waals surface area contributed by atoms with Crippen LogP contribution in [0.15, 0.2) is 122 Å². The average Bonchev–Trinajstić information content (AvgIpc) is 3.33. The van der Waals surface area contributed by atoms with Gasteiger partial charge in [-0.25, -0.2) is 0 Å². The smallest absolute Gasteiger partial charge is 0.306 e. The predicted molar refractivity (Wildman–Crippen MR) is 292 cm³/mol. The van der Waals surface area contributed by atoms with E-state index in [4.69, 9.17) is 18.9 Å². The van der Waals surface area contributed by atoms with Crippen molar-refractivity contribution in [2.45, 2.75) is 200 Å². The van der Waals surface area contributed by atoms with Gasteiger partial charge >= 0.3 is 11.9 Å². The van der Waals surface area contributed by atoms with Crippen molar-refractivity contribution in [1.29, 1.82) is 0 Å². The van der Waals surface area contributed by atoms with Gasteiger partial charge in [0.2, 0.25) is 0 Å². The minimum absolute atomic E-state index is 0.141. The van der Waals surface area contributed by atoms with Crippen LogP contribution in [0.3, 0.4) is 0 Å². The van der Waals surface area contributed by atoms with Crippen molar-refractivity contribution in [3.63, 3.8) is 0 Å². The topological polar surface area (TPSA) is 111 Å². The van der Waals surface area contributed by atoms with Gasteiger partial charge in [0.25, 0.3) is 0 Å². The number of esters is 2. The molecule has 2 unspecified atom stereocenters. The Balaban J connectivity index is 4.07. The van der Waals surface area contributed by atoms with Gasteiger partial charge < -0.3 is 33.3 Å². The number of carboxylic acids is 1. The molecular formula is C61H99NO8. The molecular weight excluding hydrogens is 875 g/mol. The zero-order valence-corrected chi connectivity index (χ0v) is 44.8. The maximum absolute atomic E-state index is 12.7. The fourth-order valence-electron chi connectivity index (χ4n) is 6.80. The summed E-state index contributed by atoms with van der Waals surface area (Å²) in [5, 5.41) is 11.7. The zero-order chi connectivity index (χ0) is 51.3. The van der Waals surface area contributed by atoms with E-state index in [1.807, 2.05) is 21.1 Å². The lowest BCUT2D eigenvalue weighted by atomic mass is 10.1. The van der Waals surface area contributed by atoms with E-state index in [1.54, 1.807) is 0 Å². The molecule has 396 valence electrons. The molecule has 0 N–H and O–H groups in total. The summed E-state index contributed by atoms with van der Waals surface area (Å²) in [7, 11) is 5.89. The summed E-state index contributed by atoms with van der Waals surface area (Å²) in [6.45, 7) is 4.52. The van der Waals surface area contributed by atoms with E-state index in [0.717, 1.165) is 122 Å².